The maximum atomic E-state index is 11.9. The Balaban J connectivity index is 1.94. The Morgan fingerprint density at radius 3 is 2.80 bits per heavy atom. The largest absolute Gasteiger partial charge is 0.361 e. The van der Waals surface area contributed by atoms with Crippen molar-refractivity contribution in [3.8, 4) is 0 Å². The van der Waals surface area contributed by atoms with E-state index in [-0.39, 0.29) is 11.6 Å². The predicted molar refractivity (Wildman–Crippen MR) is 61.2 cm³/mol. The third-order valence-electron chi connectivity index (χ3n) is 3.31. The molecular formula is C11H14N2OS. The second-order valence-corrected chi connectivity index (χ2v) is 5.30. The van der Waals surface area contributed by atoms with Crippen LogP contribution in [0.5, 0.6) is 0 Å². The van der Waals surface area contributed by atoms with E-state index in [0.29, 0.717) is 0 Å². The van der Waals surface area contributed by atoms with Crippen LogP contribution in [-0.4, -0.2) is 11.6 Å². The lowest BCUT2D eigenvalue weighted by molar-refractivity contribution is 0.0881. The van der Waals surface area contributed by atoms with Crippen molar-refractivity contribution < 1.29 is 4.79 Å². The van der Waals surface area contributed by atoms with Crippen LogP contribution >= 0.6 is 11.3 Å². The summed E-state index contributed by atoms with van der Waals surface area (Å²) in [5.41, 5.74) is 0.870. The molecule has 1 fully saturated rings. The van der Waals surface area contributed by atoms with Gasteiger partial charge >= 0.3 is 0 Å². The first-order valence-electron chi connectivity index (χ1n) is 5.47. The van der Waals surface area contributed by atoms with E-state index in [1.807, 2.05) is 11.4 Å². The van der Waals surface area contributed by atoms with Crippen molar-refractivity contribution in [2.75, 3.05) is 5.32 Å². The molecule has 3 nitrogen and oxygen atoms in total. The van der Waals surface area contributed by atoms with Gasteiger partial charge in [-0.3, -0.25) is 4.79 Å². The standard InChI is InChI=1S/C11H14N2OS/c14-10-9-8(4-7-15-9)12-11(13-10)5-2-1-3-6-11/h4,7,12H,1-3,5-6H2,(H,13,14). The normalized spacial score (nSPS) is 23.1. The van der Waals surface area contributed by atoms with Crippen LogP contribution in [0.3, 0.4) is 0 Å². The first-order chi connectivity index (χ1) is 7.29. The van der Waals surface area contributed by atoms with Gasteiger partial charge in [-0.2, -0.15) is 0 Å². The molecule has 2 aliphatic rings. The molecule has 0 saturated heterocycles. The van der Waals surface area contributed by atoms with Gasteiger partial charge in [0.2, 0.25) is 0 Å². The second kappa shape index (κ2) is 3.23. The molecule has 1 amide bonds. The van der Waals surface area contributed by atoms with Gasteiger partial charge in [-0.05, 0) is 37.1 Å². The van der Waals surface area contributed by atoms with Gasteiger partial charge < -0.3 is 10.6 Å². The van der Waals surface area contributed by atoms with E-state index in [4.69, 9.17) is 0 Å². The Morgan fingerprint density at radius 2 is 2.00 bits per heavy atom. The molecule has 0 bridgehead atoms. The Labute approximate surface area is 92.9 Å². The van der Waals surface area contributed by atoms with Crippen LogP contribution in [-0.2, 0) is 0 Å². The highest BCUT2D eigenvalue weighted by molar-refractivity contribution is 7.12. The number of rotatable bonds is 0. The highest BCUT2D eigenvalue weighted by Crippen LogP contribution is 2.36. The van der Waals surface area contributed by atoms with E-state index in [1.54, 1.807) is 0 Å². The lowest BCUT2D eigenvalue weighted by Gasteiger charge is -2.42. The third-order valence-corrected chi connectivity index (χ3v) is 4.22. The number of hydrogen-bond donors (Lipinski definition) is 2. The van der Waals surface area contributed by atoms with Crippen molar-refractivity contribution in [2.24, 2.45) is 0 Å². The van der Waals surface area contributed by atoms with Crippen molar-refractivity contribution in [1.82, 2.24) is 5.32 Å². The second-order valence-electron chi connectivity index (χ2n) is 4.39. The number of hydrogen-bond acceptors (Lipinski definition) is 3. The van der Waals surface area contributed by atoms with Crippen LogP contribution < -0.4 is 10.6 Å². The summed E-state index contributed by atoms with van der Waals surface area (Å²) in [6, 6.07) is 2.01. The minimum atomic E-state index is -0.149. The van der Waals surface area contributed by atoms with E-state index in [2.05, 4.69) is 10.6 Å². The molecule has 1 aromatic rings. The Morgan fingerprint density at radius 1 is 1.20 bits per heavy atom. The fourth-order valence-electron chi connectivity index (χ4n) is 2.55. The number of fused-ring (bicyclic) bond motifs is 1. The van der Waals surface area contributed by atoms with Crippen molar-refractivity contribution in [3.05, 3.63) is 16.3 Å². The van der Waals surface area contributed by atoms with E-state index in [1.165, 1.54) is 30.6 Å². The van der Waals surface area contributed by atoms with Crippen LogP contribution in [0.1, 0.15) is 41.8 Å². The Kier molecular flexibility index (Phi) is 1.99. The fourth-order valence-corrected chi connectivity index (χ4v) is 3.30. The average molecular weight is 222 g/mol. The van der Waals surface area contributed by atoms with Crippen molar-refractivity contribution in [2.45, 2.75) is 37.8 Å². The summed E-state index contributed by atoms with van der Waals surface area (Å²) >= 11 is 1.51. The monoisotopic (exact) mass is 222 g/mol. The molecule has 3 rings (SSSR count). The molecule has 80 valence electrons. The first kappa shape index (κ1) is 9.21. The van der Waals surface area contributed by atoms with Crippen LogP contribution in [0, 0.1) is 0 Å². The highest BCUT2D eigenvalue weighted by Gasteiger charge is 2.38. The van der Waals surface area contributed by atoms with Crippen molar-refractivity contribution in [1.29, 1.82) is 0 Å². The smallest absolute Gasteiger partial charge is 0.265 e. The molecule has 1 saturated carbocycles. The Hall–Kier alpha value is -1.03. The Bertz CT molecular complexity index is 393. The molecule has 15 heavy (non-hydrogen) atoms. The topological polar surface area (TPSA) is 41.1 Å². The summed E-state index contributed by atoms with van der Waals surface area (Å²) in [5, 5.41) is 8.61. The van der Waals surface area contributed by atoms with Gasteiger partial charge in [-0.15, -0.1) is 11.3 Å². The summed E-state index contributed by atoms with van der Waals surface area (Å²) in [5.74, 6) is 0.0978. The fraction of sp³-hybridized carbons (Fsp3) is 0.545. The number of thiophene rings is 1. The number of carbonyl (C=O) groups excluding carboxylic acids is 1. The van der Waals surface area contributed by atoms with Gasteiger partial charge in [0.1, 0.15) is 10.5 Å². The van der Waals surface area contributed by atoms with Crippen molar-refractivity contribution >= 4 is 22.9 Å². The molecule has 4 heteroatoms. The van der Waals surface area contributed by atoms with Crippen LogP contribution in [0.4, 0.5) is 5.69 Å². The van der Waals surface area contributed by atoms with Gasteiger partial charge in [0, 0.05) is 0 Å². The summed E-state index contributed by atoms with van der Waals surface area (Å²) in [6.07, 6.45) is 5.79. The average Bonchev–Trinajstić information content (AvgIpc) is 2.67. The van der Waals surface area contributed by atoms with E-state index < -0.39 is 0 Å². The zero-order valence-corrected chi connectivity index (χ0v) is 9.32. The molecule has 0 unspecified atom stereocenters. The summed E-state index contributed by atoms with van der Waals surface area (Å²) < 4.78 is 0. The summed E-state index contributed by atoms with van der Waals surface area (Å²) in [7, 11) is 0. The minimum Gasteiger partial charge on any atom is -0.361 e. The first-order valence-corrected chi connectivity index (χ1v) is 6.35. The van der Waals surface area contributed by atoms with Crippen molar-refractivity contribution in [3.63, 3.8) is 0 Å². The minimum absolute atomic E-state index is 0.0978. The van der Waals surface area contributed by atoms with E-state index in [0.717, 1.165) is 23.4 Å². The lowest BCUT2D eigenvalue weighted by atomic mass is 9.87. The third kappa shape index (κ3) is 1.44. The molecule has 1 aliphatic carbocycles. The van der Waals surface area contributed by atoms with Gasteiger partial charge in [0.05, 0.1) is 5.69 Å². The molecule has 1 aromatic heterocycles. The molecular weight excluding hydrogens is 208 g/mol. The quantitative estimate of drug-likeness (QED) is 0.708. The van der Waals surface area contributed by atoms with Crippen LogP contribution in [0.15, 0.2) is 11.4 Å². The van der Waals surface area contributed by atoms with Gasteiger partial charge in [-0.1, -0.05) is 6.42 Å². The maximum absolute atomic E-state index is 11.9. The van der Waals surface area contributed by atoms with E-state index in [9.17, 15) is 4.79 Å². The molecule has 1 spiro atoms. The molecule has 0 atom stereocenters. The number of amides is 1. The highest BCUT2D eigenvalue weighted by atomic mass is 32.1. The number of anilines is 1. The summed E-state index contributed by atoms with van der Waals surface area (Å²) in [6.45, 7) is 0. The van der Waals surface area contributed by atoms with Gasteiger partial charge in [0.15, 0.2) is 0 Å². The van der Waals surface area contributed by atoms with Crippen LogP contribution in [0.25, 0.3) is 0 Å². The molecule has 2 N–H and O–H groups in total. The van der Waals surface area contributed by atoms with Gasteiger partial charge in [-0.25, -0.2) is 0 Å². The maximum Gasteiger partial charge on any atom is 0.265 e. The zero-order valence-electron chi connectivity index (χ0n) is 8.51. The molecule has 2 heterocycles. The zero-order chi connectivity index (χ0) is 10.3. The summed E-state index contributed by atoms with van der Waals surface area (Å²) in [4.78, 5) is 12.7. The molecule has 1 aliphatic heterocycles. The SMILES string of the molecule is O=C1NC2(CCCCC2)Nc2ccsc21. The molecule has 0 aromatic carbocycles. The number of carbonyl (C=O) groups is 1. The van der Waals surface area contributed by atoms with Gasteiger partial charge in [0.25, 0.3) is 5.91 Å². The lowest BCUT2D eigenvalue weighted by Crippen LogP contribution is -2.58. The van der Waals surface area contributed by atoms with E-state index >= 15 is 0 Å². The number of nitrogens with one attached hydrogen (secondary N) is 2. The molecule has 0 radical (unpaired) electrons. The van der Waals surface area contributed by atoms with Crippen LogP contribution in [0.2, 0.25) is 0 Å². The predicted octanol–water partition coefficient (Wildman–Crippen LogP) is 2.56.